The predicted octanol–water partition coefficient (Wildman–Crippen LogP) is 2.97. The summed E-state index contributed by atoms with van der Waals surface area (Å²) in [6.45, 7) is 6.98. The molecule has 0 saturated heterocycles. The van der Waals surface area contributed by atoms with E-state index in [0.717, 1.165) is 5.75 Å². The molecule has 106 valence electrons. The first kappa shape index (κ1) is 15.7. The maximum Gasteiger partial charge on any atom is 0.343 e. The number of ether oxygens (including phenoxy) is 2. The van der Waals surface area contributed by atoms with Crippen LogP contribution in [0.4, 0.5) is 5.69 Å². The quantitative estimate of drug-likeness (QED) is 0.511. The van der Waals surface area contributed by atoms with E-state index in [2.05, 4.69) is 20.8 Å². The molecular weight excluding hydrogens is 262 g/mol. The second kappa shape index (κ2) is 6.70. The zero-order chi connectivity index (χ0) is 14.5. The Morgan fingerprint density at radius 1 is 1.37 bits per heavy atom. The molecule has 4 nitrogen and oxygen atoms in total. The van der Waals surface area contributed by atoms with Gasteiger partial charge in [-0.15, -0.1) is 0 Å². The van der Waals surface area contributed by atoms with Crippen LogP contribution in [0.2, 0.25) is 0 Å². The molecule has 1 aromatic rings. The third kappa shape index (κ3) is 5.03. The van der Waals surface area contributed by atoms with Crippen molar-refractivity contribution in [1.29, 1.82) is 0 Å². The number of thioether (sulfide) groups is 1. The second-order valence-corrected chi connectivity index (χ2v) is 6.94. The molecule has 19 heavy (non-hydrogen) atoms. The number of anilines is 1. The monoisotopic (exact) mass is 283 g/mol. The molecule has 0 amide bonds. The fraction of sp³-hybridized carbons (Fsp3) is 0.500. The van der Waals surface area contributed by atoms with Crippen molar-refractivity contribution in [3.05, 3.63) is 23.8 Å². The molecule has 0 atom stereocenters. The number of methoxy groups -OCH3 is 1. The lowest BCUT2D eigenvalue weighted by atomic mass is 10.1. The van der Waals surface area contributed by atoms with E-state index in [4.69, 9.17) is 15.2 Å². The van der Waals surface area contributed by atoms with E-state index in [1.54, 1.807) is 30.0 Å². The van der Waals surface area contributed by atoms with Crippen LogP contribution in [-0.2, 0) is 4.74 Å². The van der Waals surface area contributed by atoms with Crippen molar-refractivity contribution in [3.63, 3.8) is 0 Å². The van der Waals surface area contributed by atoms with Gasteiger partial charge in [0.25, 0.3) is 0 Å². The highest BCUT2D eigenvalue weighted by atomic mass is 32.2. The summed E-state index contributed by atoms with van der Waals surface area (Å²) < 4.78 is 10.5. The van der Waals surface area contributed by atoms with Crippen molar-refractivity contribution in [2.75, 3.05) is 25.2 Å². The molecule has 0 spiro atoms. The van der Waals surface area contributed by atoms with E-state index >= 15 is 0 Å². The normalized spacial score (nSPS) is 11.2. The lowest BCUT2D eigenvalue weighted by molar-refractivity contribution is 0.0597. The summed E-state index contributed by atoms with van der Waals surface area (Å²) in [5.41, 5.74) is 6.45. The van der Waals surface area contributed by atoms with Gasteiger partial charge in [0.1, 0.15) is 11.3 Å². The first-order valence-corrected chi connectivity index (χ1v) is 7.07. The van der Waals surface area contributed by atoms with E-state index in [1.165, 1.54) is 7.11 Å². The largest absolute Gasteiger partial charge is 0.492 e. The molecule has 1 aromatic carbocycles. The van der Waals surface area contributed by atoms with Crippen LogP contribution in [0.15, 0.2) is 18.2 Å². The van der Waals surface area contributed by atoms with Gasteiger partial charge in [-0.3, -0.25) is 0 Å². The van der Waals surface area contributed by atoms with Crippen molar-refractivity contribution in [3.8, 4) is 5.75 Å². The second-order valence-electron chi connectivity index (χ2n) is 5.02. The average Bonchev–Trinajstić information content (AvgIpc) is 2.33. The van der Waals surface area contributed by atoms with Crippen molar-refractivity contribution in [2.45, 2.75) is 25.5 Å². The minimum Gasteiger partial charge on any atom is -0.492 e. The highest BCUT2D eigenvalue weighted by Gasteiger charge is 2.17. The van der Waals surface area contributed by atoms with Crippen LogP contribution >= 0.6 is 11.8 Å². The van der Waals surface area contributed by atoms with Gasteiger partial charge in [0.2, 0.25) is 0 Å². The number of esters is 1. The number of carbonyl (C=O) groups excluding carboxylic acids is 1. The van der Waals surface area contributed by atoms with Gasteiger partial charge >= 0.3 is 5.97 Å². The molecular formula is C14H21NO3S. The number of carbonyl (C=O) groups is 1. The van der Waals surface area contributed by atoms with E-state index in [-0.39, 0.29) is 4.75 Å². The molecule has 0 fully saturated rings. The van der Waals surface area contributed by atoms with Gasteiger partial charge < -0.3 is 15.2 Å². The Hall–Kier alpha value is -1.36. The van der Waals surface area contributed by atoms with Crippen molar-refractivity contribution in [1.82, 2.24) is 0 Å². The zero-order valence-electron chi connectivity index (χ0n) is 11.9. The number of nitrogens with two attached hydrogens (primary N) is 1. The molecule has 0 unspecified atom stereocenters. The fourth-order valence-electron chi connectivity index (χ4n) is 1.49. The summed E-state index contributed by atoms with van der Waals surface area (Å²) in [5, 5.41) is 0. The topological polar surface area (TPSA) is 61.5 Å². The van der Waals surface area contributed by atoms with Gasteiger partial charge in [-0.05, 0) is 12.1 Å². The van der Waals surface area contributed by atoms with Gasteiger partial charge in [-0.25, -0.2) is 4.79 Å². The molecule has 0 saturated carbocycles. The predicted molar refractivity (Wildman–Crippen MR) is 79.9 cm³/mol. The number of hydrogen-bond donors (Lipinski definition) is 1. The van der Waals surface area contributed by atoms with Crippen LogP contribution in [0, 0.1) is 0 Å². The van der Waals surface area contributed by atoms with Crippen molar-refractivity contribution < 1.29 is 14.3 Å². The minimum absolute atomic E-state index is 0.199. The Morgan fingerprint density at radius 2 is 2.05 bits per heavy atom. The first-order valence-electron chi connectivity index (χ1n) is 6.08. The molecule has 5 heteroatoms. The van der Waals surface area contributed by atoms with Crippen LogP contribution in [0.5, 0.6) is 5.75 Å². The smallest absolute Gasteiger partial charge is 0.343 e. The highest BCUT2D eigenvalue weighted by Crippen LogP contribution is 2.26. The highest BCUT2D eigenvalue weighted by molar-refractivity contribution is 8.00. The van der Waals surface area contributed by atoms with Crippen LogP contribution in [0.3, 0.4) is 0 Å². The van der Waals surface area contributed by atoms with Crippen LogP contribution in [0.25, 0.3) is 0 Å². The van der Waals surface area contributed by atoms with Gasteiger partial charge in [0.15, 0.2) is 0 Å². The van der Waals surface area contributed by atoms with Gasteiger partial charge in [0, 0.05) is 16.2 Å². The third-order valence-corrected chi connectivity index (χ3v) is 3.56. The van der Waals surface area contributed by atoms with E-state index in [9.17, 15) is 4.79 Å². The number of nitrogen functional groups attached to an aromatic ring is 1. The summed E-state index contributed by atoms with van der Waals surface area (Å²) in [7, 11) is 1.33. The van der Waals surface area contributed by atoms with Crippen LogP contribution < -0.4 is 10.5 Å². The molecule has 0 heterocycles. The Kier molecular flexibility index (Phi) is 5.54. The summed E-state index contributed by atoms with van der Waals surface area (Å²) in [6, 6.07) is 5.14. The SMILES string of the molecule is COC(=O)c1c(N)cccc1OCCSC(C)(C)C. The molecule has 0 aromatic heterocycles. The summed E-state index contributed by atoms with van der Waals surface area (Å²) in [6.07, 6.45) is 0. The van der Waals surface area contributed by atoms with Crippen molar-refractivity contribution in [2.24, 2.45) is 0 Å². The lowest BCUT2D eigenvalue weighted by Gasteiger charge is -2.18. The Morgan fingerprint density at radius 3 is 2.63 bits per heavy atom. The maximum absolute atomic E-state index is 11.7. The third-order valence-electron chi connectivity index (χ3n) is 2.32. The first-order chi connectivity index (χ1) is 8.85. The lowest BCUT2D eigenvalue weighted by Crippen LogP contribution is -2.13. The molecule has 2 N–H and O–H groups in total. The molecule has 1 rings (SSSR count). The molecule has 0 aliphatic rings. The molecule has 0 aliphatic carbocycles. The van der Waals surface area contributed by atoms with Crippen molar-refractivity contribution >= 4 is 23.4 Å². The average molecular weight is 283 g/mol. The van der Waals surface area contributed by atoms with E-state index in [1.807, 2.05) is 0 Å². The van der Waals surface area contributed by atoms with E-state index < -0.39 is 5.97 Å². The van der Waals surface area contributed by atoms with Gasteiger partial charge in [-0.1, -0.05) is 26.8 Å². The van der Waals surface area contributed by atoms with Gasteiger partial charge in [-0.2, -0.15) is 11.8 Å². The molecule has 0 aliphatic heterocycles. The maximum atomic E-state index is 11.7. The number of hydrogen-bond acceptors (Lipinski definition) is 5. The minimum atomic E-state index is -0.475. The van der Waals surface area contributed by atoms with Gasteiger partial charge in [0.05, 0.1) is 13.7 Å². The summed E-state index contributed by atoms with van der Waals surface area (Å²) >= 11 is 1.80. The number of rotatable bonds is 5. The van der Waals surface area contributed by atoms with Crippen LogP contribution in [-0.4, -0.2) is 30.2 Å². The Bertz CT molecular complexity index is 441. The molecule has 0 radical (unpaired) electrons. The van der Waals surface area contributed by atoms with Crippen LogP contribution in [0.1, 0.15) is 31.1 Å². The number of benzene rings is 1. The summed E-state index contributed by atoms with van der Waals surface area (Å²) in [4.78, 5) is 11.7. The standard InChI is InChI=1S/C14H21NO3S/c1-14(2,3)19-9-8-18-11-7-5-6-10(15)12(11)13(16)17-4/h5-7H,8-9,15H2,1-4H3. The zero-order valence-corrected chi connectivity index (χ0v) is 12.7. The Labute approximate surface area is 118 Å². The van der Waals surface area contributed by atoms with E-state index in [0.29, 0.717) is 23.6 Å². The molecule has 0 bridgehead atoms. The Balaban J connectivity index is 2.68. The summed E-state index contributed by atoms with van der Waals surface area (Å²) in [5.74, 6) is 0.844. The fourth-order valence-corrected chi connectivity index (χ4v) is 2.27.